The number of amides is 2. The van der Waals surface area contributed by atoms with Crippen molar-refractivity contribution < 1.29 is 19.4 Å². The highest BCUT2D eigenvalue weighted by Gasteiger charge is 2.18. The average Bonchev–Trinajstić information content (AvgIpc) is 2.64. The van der Waals surface area contributed by atoms with Crippen LogP contribution in [0.3, 0.4) is 0 Å². The van der Waals surface area contributed by atoms with E-state index in [1.165, 1.54) is 48.5 Å². The van der Waals surface area contributed by atoms with Gasteiger partial charge < -0.3 is 0 Å². The Bertz CT molecular complexity index is 799. The van der Waals surface area contributed by atoms with Crippen LogP contribution < -0.4 is 21.7 Å². The second-order valence-electron chi connectivity index (χ2n) is 4.71. The Kier molecular flexibility index (Phi) is 5.61. The molecule has 0 aliphatic heterocycles. The number of nitrogens with one attached hydrogen (secondary N) is 4. The van der Waals surface area contributed by atoms with Gasteiger partial charge in [0, 0.05) is 12.1 Å². The summed E-state index contributed by atoms with van der Waals surface area (Å²) in [6.45, 7) is 0. The topological polar surface area (TPSA) is 169 Å². The lowest BCUT2D eigenvalue weighted by atomic mass is 10.3. The Morgan fingerprint density at radius 3 is 1.38 bits per heavy atom. The van der Waals surface area contributed by atoms with Crippen LogP contribution in [0, 0.1) is 20.2 Å². The van der Waals surface area contributed by atoms with Crippen LogP contribution in [0.1, 0.15) is 0 Å². The maximum atomic E-state index is 11.7. The van der Waals surface area contributed by atoms with Crippen molar-refractivity contribution in [3.8, 4) is 0 Å². The Morgan fingerprint density at radius 1 is 0.692 bits per heavy atom. The number of hydrazine groups is 2. The highest BCUT2D eigenvalue weighted by Crippen LogP contribution is 2.23. The molecule has 0 heterocycles. The predicted octanol–water partition coefficient (Wildman–Crippen LogP) is 1.09. The van der Waals surface area contributed by atoms with Crippen molar-refractivity contribution in [2.45, 2.75) is 0 Å². The minimum absolute atomic E-state index is 0.0229. The molecule has 0 saturated carbocycles. The van der Waals surface area contributed by atoms with E-state index in [0.29, 0.717) is 0 Å². The molecule has 2 aromatic rings. The van der Waals surface area contributed by atoms with Gasteiger partial charge in [0.2, 0.25) is 0 Å². The molecular formula is C14H12N6O6. The van der Waals surface area contributed by atoms with Crippen LogP contribution in [-0.2, 0) is 9.59 Å². The first-order chi connectivity index (χ1) is 12.4. The minimum Gasteiger partial charge on any atom is -0.292 e. The summed E-state index contributed by atoms with van der Waals surface area (Å²) in [6, 6.07) is 11.0. The zero-order chi connectivity index (χ0) is 19.1. The van der Waals surface area contributed by atoms with Gasteiger partial charge in [0.25, 0.3) is 11.4 Å². The third-order valence-corrected chi connectivity index (χ3v) is 3.03. The van der Waals surface area contributed by atoms with Crippen molar-refractivity contribution in [3.05, 3.63) is 68.8 Å². The third-order valence-electron chi connectivity index (χ3n) is 3.03. The molecule has 0 unspecified atom stereocenters. The molecule has 12 nitrogen and oxygen atoms in total. The standard InChI is InChI=1S/C14H12N6O6/c21-13(17-15-9-5-1-3-7-11(9)19(23)24)14(22)18-16-10-6-2-4-8-12(10)20(25)26/h1-8,15-16H,(H,17,21)(H,18,22). The van der Waals surface area contributed by atoms with Gasteiger partial charge in [-0.2, -0.15) is 0 Å². The van der Waals surface area contributed by atoms with Crippen molar-refractivity contribution >= 4 is 34.6 Å². The number of hydrogen-bond donors (Lipinski definition) is 4. The minimum atomic E-state index is -1.17. The molecule has 0 spiro atoms. The zero-order valence-electron chi connectivity index (χ0n) is 13.0. The molecule has 0 aliphatic carbocycles. The molecule has 2 amide bonds. The summed E-state index contributed by atoms with van der Waals surface area (Å²) in [4.78, 5) is 43.8. The monoisotopic (exact) mass is 360 g/mol. The summed E-state index contributed by atoms with van der Waals surface area (Å²) in [7, 11) is 0. The van der Waals surface area contributed by atoms with E-state index in [0.717, 1.165) is 0 Å². The maximum absolute atomic E-state index is 11.7. The fraction of sp³-hybridized carbons (Fsp3) is 0. The van der Waals surface area contributed by atoms with Gasteiger partial charge in [0.05, 0.1) is 9.85 Å². The number of nitro benzene ring substituents is 2. The van der Waals surface area contributed by atoms with Crippen LogP contribution in [0.15, 0.2) is 48.5 Å². The van der Waals surface area contributed by atoms with Gasteiger partial charge >= 0.3 is 11.8 Å². The van der Waals surface area contributed by atoms with E-state index >= 15 is 0 Å². The second-order valence-corrected chi connectivity index (χ2v) is 4.71. The van der Waals surface area contributed by atoms with E-state index in [1.807, 2.05) is 10.9 Å². The van der Waals surface area contributed by atoms with Crippen LogP contribution in [0.25, 0.3) is 0 Å². The number of carbonyl (C=O) groups is 2. The van der Waals surface area contributed by atoms with Crippen LogP contribution in [0.4, 0.5) is 22.7 Å². The van der Waals surface area contributed by atoms with Crippen LogP contribution in [0.2, 0.25) is 0 Å². The van der Waals surface area contributed by atoms with Gasteiger partial charge in [-0.05, 0) is 12.1 Å². The zero-order valence-corrected chi connectivity index (χ0v) is 13.0. The first kappa shape index (κ1) is 18.1. The molecule has 0 radical (unpaired) electrons. The lowest BCUT2D eigenvalue weighted by Crippen LogP contribution is -2.44. The molecule has 0 aromatic heterocycles. The highest BCUT2D eigenvalue weighted by molar-refractivity contribution is 6.35. The highest BCUT2D eigenvalue weighted by atomic mass is 16.6. The molecular weight excluding hydrogens is 348 g/mol. The number of anilines is 2. The Balaban J connectivity index is 1.94. The predicted molar refractivity (Wildman–Crippen MR) is 89.7 cm³/mol. The lowest BCUT2D eigenvalue weighted by molar-refractivity contribution is -0.384. The van der Waals surface area contributed by atoms with Gasteiger partial charge in [-0.1, -0.05) is 24.3 Å². The van der Waals surface area contributed by atoms with Crippen LogP contribution >= 0.6 is 0 Å². The van der Waals surface area contributed by atoms with Crippen molar-refractivity contribution in [1.82, 2.24) is 10.9 Å². The summed E-state index contributed by atoms with van der Waals surface area (Å²) in [5.74, 6) is -2.34. The smallest absolute Gasteiger partial charge is 0.292 e. The summed E-state index contributed by atoms with van der Waals surface area (Å²) < 4.78 is 0. The number of benzene rings is 2. The molecule has 0 bridgehead atoms. The largest absolute Gasteiger partial charge is 0.329 e. The lowest BCUT2D eigenvalue weighted by Gasteiger charge is -2.10. The first-order valence-corrected chi connectivity index (χ1v) is 6.99. The van der Waals surface area contributed by atoms with Crippen molar-refractivity contribution in [1.29, 1.82) is 0 Å². The molecule has 0 aliphatic rings. The molecule has 0 atom stereocenters. The number of nitrogens with zero attached hydrogens (tertiary/aromatic N) is 2. The summed E-state index contributed by atoms with van der Waals surface area (Å²) in [5.41, 5.74) is 7.86. The van der Waals surface area contributed by atoms with Crippen molar-refractivity contribution in [2.75, 3.05) is 10.9 Å². The fourth-order valence-corrected chi connectivity index (χ4v) is 1.84. The van der Waals surface area contributed by atoms with Crippen LogP contribution in [-0.4, -0.2) is 21.7 Å². The number of para-hydroxylation sites is 4. The van der Waals surface area contributed by atoms with E-state index in [9.17, 15) is 29.8 Å². The van der Waals surface area contributed by atoms with Gasteiger partial charge in [-0.15, -0.1) is 0 Å². The summed E-state index contributed by atoms with van der Waals surface area (Å²) >= 11 is 0. The Labute approximate surface area is 145 Å². The average molecular weight is 360 g/mol. The molecule has 4 N–H and O–H groups in total. The first-order valence-electron chi connectivity index (χ1n) is 6.99. The SMILES string of the molecule is O=C(NNc1ccccc1[N+](=O)[O-])C(=O)NNc1ccccc1[N+](=O)[O-]. The molecule has 0 fully saturated rings. The molecule has 26 heavy (non-hydrogen) atoms. The van der Waals surface area contributed by atoms with E-state index < -0.39 is 21.7 Å². The molecule has 2 rings (SSSR count). The molecule has 0 saturated heterocycles. The second kappa shape index (κ2) is 8.05. The number of carbonyl (C=O) groups excluding carboxylic acids is 2. The summed E-state index contributed by atoms with van der Waals surface area (Å²) in [6.07, 6.45) is 0. The third kappa shape index (κ3) is 4.41. The Morgan fingerprint density at radius 2 is 1.04 bits per heavy atom. The van der Waals surface area contributed by atoms with E-state index in [-0.39, 0.29) is 22.7 Å². The number of hydrogen-bond acceptors (Lipinski definition) is 8. The van der Waals surface area contributed by atoms with Gasteiger partial charge in [-0.25, -0.2) is 0 Å². The van der Waals surface area contributed by atoms with E-state index in [4.69, 9.17) is 0 Å². The van der Waals surface area contributed by atoms with Gasteiger partial charge in [-0.3, -0.25) is 51.5 Å². The maximum Gasteiger partial charge on any atom is 0.329 e. The van der Waals surface area contributed by atoms with Crippen molar-refractivity contribution in [2.24, 2.45) is 0 Å². The van der Waals surface area contributed by atoms with E-state index in [2.05, 4.69) is 10.9 Å². The summed E-state index contributed by atoms with van der Waals surface area (Å²) in [5, 5.41) is 21.7. The molecule has 2 aromatic carbocycles. The van der Waals surface area contributed by atoms with Gasteiger partial charge in [0.1, 0.15) is 11.4 Å². The molecule has 134 valence electrons. The number of rotatable bonds is 6. The molecule has 12 heteroatoms. The fourth-order valence-electron chi connectivity index (χ4n) is 1.84. The number of nitro groups is 2. The Hall–Kier alpha value is -4.22. The van der Waals surface area contributed by atoms with Crippen molar-refractivity contribution in [3.63, 3.8) is 0 Å². The normalized spacial score (nSPS) is 9.69. The van der Waals surface area contributed by atoms with E-state index in [1.54, 1.807) is 0 Å². The van der Waals surface area contributed by atoms with Gasteiger partial charge in [0.15, 0.2) is 0 Å². The van der Waals surface area contributed by atoms with Crippen LogP contribution in [0.5, 0.6) is 0 Å². The quantitative estimate of drug-likeness (QED) is 0.337.